The normalized spacial score (nSPS) is 21.9. The van der Waals surface area contributed by atoms with E-state index in [1.54, 1.807) is 0 Å². The summed E-state index contributed by atoms with van der Waals surface area (Å²) in [6, 6.07) is 29.9. The number of halogens is 1. The summed E-state index contributed by atoms with van der Waals surface area (Å²) in [5, 5.41) is 12.4. The van der Waals surface area contributed by atoms with E-state index in [-0.39, 0.29) is 35.9 Å². The standard InChI is InChI=1S/C27H32NO.HI/c1-28(2,3)26(23-15-8-5-9-16-23)25-19-18-22-14-10-11-17-24(22)27(25,29)20-21-12-6-4-7-13-21;/h4-17,25-26,29H,18-20H2,1-3H3;1H/q+1;/p-1/t25-,26-,27-;/m0./s1. The molecule has 1 aliphatic carbocycles. The molecule has 1 N–H and O–H groups in total. The Balaban J connectivity index is 0.00000256. The molecule has 0 bridgehead atoms. The molecule has 0 saturated carbocycles. The third kappa shape index (κ3) is 4.48. The van der Waals surface area contributed by atoms with Gasteiger partial charge in [0.2, 0.25) is 0 Å². The van der Waals surface area contributed by atoms with Gasteiger partial charge in [0.1, 0.15) is 11.6 Å². The Labute approximate surface area is 198 Å². The second-order valence-electron chi connectivity index (χ2n) is 9.36. The topological polar surface area (TPSA) is 20.2 Å². The zero-order chi connectivity index (χ0) is 20.5. The van der Waals surface area contributed by atoms with E-state index in [1.807, 2.05) is 6.07 Å². The molecule has 0 aromatic heterocycles. The maximum atomic E-state index is 12.4. The summed E-state index contributed by atoms with van der Waals surface area (Å²) in [6.45, 7) is 0. The van der Waals surface area contributed by atoms with Gasteiger partial charge < -0.3 is 33.6 Å². The largest absolute Gasteiger partial charge is 1.00 e. The molecule has 30 heavy (non-hydrogen) atoms. The van der Waals surface area contributed by atoms with Gasteiger partial charge in [-0.15, -0.1) is 0 Å². The van der Waals surface area contributed by atoms with Crippen LogP contribution in [-0.4, -0.2) is 30.7 Å². The van der Waals surface area contributed by atoms with Crippen molar-refractivity contribution >= 4 is 0 Å². The monoisotopic (exact) mass is 513 g/mol. The molecule has 2 nitrogen and oxygen atoms in total. The van der Waals surface area contributed by atoms with Crippen molar-refractivity contribution in [1.82, 2.24) is 0 Å². The van der Waals surface area contributed by atoms with Crippen molar-refractivity contribution in [3.05, 3.63) is 107 Å². The molecule has 0 radical (unpaired) electrons. The molecule has 0 amide bonds. The van der Waals surface area contributed by atoms with Crippen LogP contribution in [-0.2, 0) is 18.4 Å². The molecule has 4 rings (SSSR count). The molecule has 3 aromatic rings. The number of hydrogen-bond donors (Lipinski definition) is 1. The van der Waals surface area contributed by atoms with Crippen LogP contribution in [0.1, 0.15) is 34.7 Å². The first-order chi connectivity index (χ1) is 13.9. The lowest BCUT2D eigenvalue weighted by atomic mass is 9.64. The van der Waals surface area contributed by atoms with Crippen LogP contribution in [0.4, 0.5) is 0 Å². The molecular weight excluding hydrogens is 481 g/mol. The molecule has 158 valence electrons. The molecule has 0 unspecified atom stereocenters. The Hall–Kier alpha value is -1.69. The second kappa shape index (κ2) is 9.21. The lowest BCUT2D eigenvalue weighted by molar-refractivity contribution is -0.908. The van der Waals surface area contributed by atoms with Crippen LogP contribution in [0.3, 0.4) is 0 Å². The van der Waals surface area contributed by atoms with Gasteiger partial charge in [0.25, 0.3) is 0 Å². The van der Waals surface area contributed by atoms with E-state index < -0.39 is 5.60 Å². The van der Waals surface area contributed by atoms with Crippen molar-refractivity contribution in [1.29, 1.82) is 0 Å². The highest BCUT2D eigenvalue weighted by molar-refractivity contribution is 5.39. The van der Waals surface area contributed by atoms with Gasteiger partial charge in [0.15, 0.2) is 0 Å². The van der Waals surface area contributed by atoms with Gasteiger partial charge in [-0.3, -0.25) is 0 Å². The van der Waals surface area contributed by atoms with Crippen LogP contribution in [0, 0.1) is 5.92 Å². The minimum Gasteiger partial charge on any atom is -1.00 e. The summed E-state index contributed by atoms with van der Waals surface area (Å²) in [5.74, 6) is 0.125. The van der Waals surface area contributed by atoms with Gasteiger partial charge in [-0.2, -0.15) is 0 Å². The number of rotatable bonds is 5. The molecule has 0 heterocycles. The molecule has 3 aromatic carbocycles. The molecule has 3 atom stereocenters. The van der Waals surface area contributed by atoms with Gasteiger partial charge in [0, 0.05) is 17.9 Å². The Morgan fingerprint density at radius 1 is 0.867 bits per heavy atom. The number of hydrogen-bond acceptors (Lipinski definition) is 1. The molecule has 0 saturated heterocycles. The summed E-state index contributed by atoms with van der Waals surface area (Å²) in [7, 11) is 6.75. The summed E-state index contributed by atoms with van der Waals surface area (Å²) < 4.78 is 0.786. The second-order valence-corrected chi connectivity index (χ2v) is 9.36. The Bertz CT molecular complexity index is 951. The van der Waals surface area contributed by atoms with Crippen molar-refractivity contribution in [2.24, 2.45) is 5.92 Å². The number of benzene rings is 3. The van der Waals surface area contributed by atoms with E-state index in [1.165, 1.54) is 16.7 Å². The van der Waals surface area contributed by atoms with Crippen molar-refractivity contribution < 1.29 is 33.6 Å². The SMILES string of the molecule is C[N+](C)(C)[C@@H](c1ccccc1)[C@@H]1CCc2ccccc2[C@@]1(O)Cc1ccccc1.[I-]. The van der Waals surface area contributed by atoms with Crippen LogP contribution >= 0.6 is 0 Å². The molecule has 0 spiro atoms. The van der Waals surface area contributed by atoms with Crippen LogP contribution in [0.5, 0.6) is 0 Å². The fourth-order valence-electron chi connectivity index (χ4n) is 5.33. The predicted octanol–water partition coefficient (Wildman–Crippen LogP) is 2.13. The van der Waals surface area contributed by atoms with Gasteiger partial charge >= 0.3 is 0 Å². The van der Waals surface area contributed by atoms with Crippen molar-refractivity contribution in [2.75, 3.05) is 21.1 Å². The van der Waals surface area contributed by atoms with Gasteiger partial charge in [-0.1, -0.05) is 84.9 Å². The zero-order valence-electron chi connectivity index (χ0n) is 18.1. The Kier molecular flexibility index (Phi) is 7.05. The molecular formula is C27H32INO. The highest BCUT2D eigenvalue weighted by Crippen LogP contribution is 2.50. The van der Waals surface area contributed by atoms with Gasteiger partial charge in [0.05, 0.1) is 21.1 Å². The van der Waals surface area contributed by atoms with Crippen LogP contribution in [0.2, 0.25) is 0 Å². The first-order valence-electron chi connectivity index (χ1n) is 10.6. The summed E-state index contributed by atoms with van der Waals surface area (Å²) in [5.41, 5.74) is 3.98. The minimum atomic E-state index is -0.901. The maximum Gasteiger partial charge on any atom is 0.120 e. The van der Waals surface area contributed by atoms with Gasteiger partial charge in [-0.05, 0) is 29.5 Å². The molecule has 0 fully saturated rings. The Morgan fingerprint density at radius 3 is 2.07 bits per heavy atom. The van der Waals surface area contributed by atoms with E-state index in [4.69, 9.17) is 0 Å². The maximum absolute atomic E-state index is 12.4. The number of aliphatic hydroxyl groups is 1. The Morgan fingerprint density at radius 2 is 1.43 bits per heavy atom. The predicted molar refractivity (Wildman–Crippen MR) is 120 cm³/mol. The fraction of sp³-hybridized carbons (Fsp3) is 0.333. The van der Waals surface area contributed by atoms with E-state index in [0.717, 1.165) is 22.9 Å². The lowest BCUT2D eigenvalue weighted by Gasteiger charge is -2.49. The van der Waals surface area contributed by atoms with Crippen LogP contribution in [0.15, 0.2) is 84.9 Å². The molecule has 0 aliphatic heterocycles. The lowest BCUT2D eigenvalue weighted by Crippen LogP contribution is -3.00. The van der Waals surface area contributed by atoms with E-state index in [2.05, 4.69) is 100 Å². The summed E-state index contributed by atoms with van der Waals surface area (Å²) in [4.78, 5) is 0. The number of quaternary nitrogens is 1. The fourth-order valence-corrected chi connectivity index (χ4v) is 5.33. The van der Waals surface area contributed by atoms with Gasteiger partial charge in [-0.25, -0.2) is 0 Å². The van der Waals surface area contributed by atoms with Crippen molar-refractivity contribution in [3.8, 4) is 0 Å². The first-order valence-corrected chi connectivity index (χ1v) is 10.6. The van der Waals surface area contributed by atoms with E-state index >= 15 is 0 Å². The van der Waals surface area contributed by atoms with Crippen molar-refractivity contribution in [2.45, 2.75) is 30.9 Å². The van der Waals surface area contributed by atoms with E-state index in [9.17, 15) is 5.11 Å². The summed E-state index contributed by atoms with van der Waals surface area (Å²) >= 11 is 0. The van der Waals surface area contributed by atoms with Crippen LogP contribution < -0.4 is 24.0 Å². The molecule has 3 heteroatoms. The van der Waals surface area contributed by atoms with Crippen molar-refractivity contribution in [3.63, 3.8) is 0 Å². The third-order valence-electron chi connectivity index (χ3n) is 6.50. The van der Waals surface area contributed by atoms with E-state index in [0.29, 0.717) is 6.42 Å². The average Bonchev–Trinajstić information content (AvgIpc) is 2.71. The molecule has 1 aliphatic rings. The zero-order valence-corrected chi connectivity index (χ0v) is 20.3. The smallest absolute Gasteiger partial charge is 0.120 e. The summed E-state index contributed by atoms with van der Waals surface area (Å²) in [6.07, 6.45) is 2.63. The highest BCUT2D eigenvalue weighted by Gasteiger charge is 2.50. The number of aryl methyl sites for hydroxylation is 1. The minimum absolute atomic E-state index is 0. The number of fused-ring (bicyclic) bond motifs is 1. The average molecular weight is 513 g/mol. The number of nitrogens with zero attached hydrogens (tertiary/aromatic N) is 1. The highest BCUT2D eigenvalue weighted by atomic mass is 127. The van der Waals surface area contributed by atoms with Crippen LogP contribution in [0.25, 0.3) is 0 Å². The third-order valence-corrected chi connectivity index (χ3v) is 6.50. The quantitative estimate of drug-likeness (QED) is 0.410. The first kappa shape index (κ1) is 23.0.